The molecule has 0 N–H and O–H groups in total. The van der Waals surface area contributed by atoms with Crippen LogP contribution in [0.25, 0.3) is 0 Å². The van der Waals surface area contributed by atoms with E-state index < -0.39 is 0 Å². The van der Waals surface area contributed by atoms with Crippen LogP contribution in [-0.4, -0.2) is 18.9 Å². The molecule has 1 rings (SSSR count). The number of hydrogen-bond acceptors (Lipinski definition) is 3. The normalized spacial score (nSPS) is 9.94. The van der Waals surface area contributed by atoms with Crippen molar-refractivity contribution in [2.24, 2.45) is 0 Å². The summed E-state index contributed by atoms with van der Waals surface area (Å²) in [5, 5.41) is 0.523. The molecule has 4 heteroatoms. The Kier molecular flexibility index (Phi) is 4.50. The maximum Gasteiger partial charge on any atom is 0.310 e. The predicted octanol–water partition coefficient (Wildman–Crippen LogP) is 2.57. The highest BCUT2D eigenvalue weighted by Crippen LogP contribution is 2.20. The summed E-state index contributed by atoms with van der Waals surface area (Å²) < 4.78 is 4.83. The minimum absolute atomic E-state index is 0.0971. The number of aldehydes is 1. The highest BCUT2D eigenvalue weighted by molar-refractivity contribution is 6.31. The van der Waals surface area contributed by atoms with E-state index in [4.69, 9.17) is 16.3 Å². The zero-order valence-electron chi connectivity index (χ0n) is 9.25. The van der Waals surface area contributed by atoms with Crippen LogP contribution >= 0.6 is 11.6 Å². The first-order chi connectivity index (χ1) is 7.58. The summed E-state index contributed by atoms with van der Waals surface area (Å²) in [4.78, 5) is 22.1. The monoisotopic (exact) mass is 240 g/mol. The lowest BCUT2D eigenvalue weighted by atomic mass is 10.0. The lowest BCUT2D eigenvalue weighted by Gasteiger charge is -2.07. The van der Waals surface area contributed by atoms with E-state index in [1.54, 1.807) is 19.1 Å². The summed E-state index contributed by atoms with van der Waals surface area (Å²) in [7, 11) is 0. The van der Waals surface area contributed by atoms with Gasteiger partial charge in [0.05, 0.1) is 13.0 Å². The van der Waals surface area contributed by atoms with Gasteiger partial charge >= 0.3 is 5.97 Å². The van der Waals surface area contributed by atoms with Crippen molar-refractivity contribution in [1.29, 1.82) is 0 Å². The van der Waals surface area contributed by atoms with Gasteiger partial charge in [0.15, 0.2) is 0 Å². The minimum atomic E-state index is -0.340. The molecule has 0 fully saturated rings. The molecule has 3 nitrogen and oxygen atoms in total. The highest BCUT2D eigenvalue weighted by Gasteiger charge is 2.10. The SMILES string of the molecule is CCOC(=O)Cc1cc(C)c(Cl)cc1C=O. The molecule has 0 unspecified atom stereocenters. The van der Waals surface area contributed by atoms with Crippen molar-refractivity contribution < 1.29 is 14.3 Å². The van der Waals surface area contributed by atoms with Crippen LogP contribution in [0.5, 0.6) is 0 Å². The average molecular weight is 241 g/mol. The molecule has 0 saturated carbocycles. The molecule has 0 aliphatic heterocycles. The number of benzene rings is 1. The summed E-state index contributed by atoms with van der Waals surface area (Å²) in [5.41, 5.74) is 1.92. The third kappa shape index (κ3) is 3.07. The van der Waals surface area contributed by atoms with Crippen molar-refractivity contribution in [2.75, 3.05) is 6.61 Å². The van der Waals surface area contributed by atoms with E-state index >= 15 is 0 Å². The van der Waals surface area contributed by atoms with Gasteiger partial charge in [-0.1, -0.05) is 17.7 Å². The van der Waals surface area contributed by atoms with Gasteiger partial charge in [-0.2, -0.15) is 0 Å². The van der Waals surface area contributed by atoms with Crippen LogP contribution in [0, 0.1) is 6.92 Å². The summed E-state index contributed by atoms with van der Waals surface area (Å²) >= 11 is 5.89. The fourth-order valence-corrected chi connectivity index (χ4v) is 1.56. The Hall–Kier alpha value is -1.35. The Labute approximate surface area is 99.4 Å². The molecule has 0 spiro atoms. The number of esters is 1. The zero-order chi connectivity index (χ0) is 12.1. The minimum Gasteiger partial charge on any atom is -0.466 e. The van der Waals surface area contributed by atoms with Crippen LogP contribution in [0.2, 0.25) is 5.02 Å². The topological polar surface area (TPSA) is 43.4 Å². The molecule has 0 aromatic heterocycles. The first kappa shape index (κ1) is 12.7. The summed E-state index contributed by atoms with van der Waals surface area (Å²) in [6, 6.07) is 3.31. The van der Waals surface area contributed by atoms with Gasteiger partial charge in [0.1, 0.15) is 6.29 Å². The van der Waals surface area contributed by atoms with Gasteiger partial charge in [-0.05, 0) is 31.0 Å². The molecule has 0 amide bonds. The van der Waals surface area contributed by atoms with Crippen LogP contribution in [0.3, 0.4) is 0 Å². The number of carbonyl (C=O) groups excluding carboxylic acids is 2. The Morgan fingerprint density at radius 3 is 2.75 bits per heavy atom. The van der Waals surface area contributed by atoms with E-state index in [9.17, 15) is 9.59 Å². The first-order valence-corrected chi connectivity index (χ1v) is 5.36. The fraction of sp³-hybridized carbons (Fsp3) is 0.333. The van der Waals surface area contributed by atoms with E-state index in [2.05, 4.69) is 0 Å². The smallest absolute Gasteiger partial charge is 0.310 e. The van der Waals surface area contributed by atoms with Gasteiger partial charge in [0.25, 0.3) is 0 Å². The van der Waals surface area contributed by atoms with Crippen molar-refractivity contribution in [2.45, 2.75) is 20.3 Å². The largest absolute Gasteiger partial charge is 0.466 e. The summed E-state index contributed by atoms with van der Waals surface area (Å²) in [6.45, 7) is 3.90. The Balaban J connectivity index is 2.98. The van der Waals surface area contributed by atoms with Gasteiger partial charge in [-0.3, -0.25) is 9.59 Å². The van der Waals surface area contributed by atoms with Crippen molar-refractivity contribution in [3.63, 3.8) is 0 Å². The summed E-state index contributed by atoms with van der Waals surface area (Å²) in [6.07, 6.45) is 0.791. The average Bonchev–Trinajstić information content (AvgIpc) is 2.23. The third-order valence-corrected chi connectivity index (χ3v) is 2.59. The zero-order valence-corrected chi connectivity index (χ0v) is 10.0. The second kappa shape index (κ2) is 5.66. The molecular formula is C12H13ClO3. The first-order valence-electron chi connectivity index (χ1n) is 4.98. The van der Waals surface area contributed by atoms with Crippen LogP contribution in [0.15, 0.2) is 12.1 Å². The molecule has 0 radical (unpaired) electrons. The molecule has 0 saturated heterocycles. The Morgan fingerprint density at radius 1 is 1.50 bits per heavy atom. The van der Waals surface area contributed by atoms with Gasteiger partial charge < -0.3 is 4.74 Å². The molecular weight excluding hydrogens is 228 g/mol. The summed E-state index contributed by atoms with van der Waals surface area (Å²) in [5.74, 6) is -0.340. The Morgan fingerprint density at radius 2 is 2.19 bits per heavy atom. The van der Waals surface area contributed by atoms with Crippen LogP contribution in [-0.2, 0) is 16.0 Å². The molecule has 1 aromatic carbocycles. The fourth-order valence-electron chi connectivity index (χ4n) is 1.39. The lowest BCUT2D eigenvalue weighted by Crippen LogP contribution is -2.09. The van der Waals surface area contributed by atoms with Crippen LogP contribution in [0.4, 0.5) is 0 Å². The number of carbonyl (C=O) groups is 2. The maximum atomic E-state index is 11.3. The number of rotatable bonds is 4. The number of aryl methyl sites for hydroxylation is 1. The van der Waals surface area contributed by atoms with E-state index in [0.29, 0.717) is 29.0 Å². The molecule has 0 aliphatic carbocycles. The highest BCUT2D eigenvalue weighted by atomic mass is 35.5. The van der Waals surface area contributed by atoms with E-state index in [1.807, 2.05) is 6.92 Å². The van der Waals surface area contributed by atoms with E-state index in [-0.39, 0.29) is 12.4 Å². The number of hydrogen-bond donors (Lipinski definition) is 0. The predicted molar refractivity (Wildman–Crippen MR) is 61.9 cm³/mol. The van der Waals surface area contributed by atoms with Crippen LogP contribution < -0.4 is 0 Å². The molecule has 0 heterocycles. The molecule has 86 valence electrons. The number of halogens is 1. The molecule has 1 aromatic rings. The van der Waals surface area contributed by atoms with Crippen molar-refractivity contribution >= 4 is 23.9 Å². The van der Waals surface area contributed by atoms with Gasteiger partial charge in [0, 0.05) is 10.6 Å². The van der Waals surface area contributed by atoms with Gasteiger partial charge in [0.2, 0.25) is 0 Å². The molecule has 0 atom stereocenters. The van der Waals surface area contributed by atoms with Crippen molar-refractivity contribution in [1.82, 2.24) is 0 Å². The quantitative estimate of drug-likeness (QED) is 0.600. The lowest BCUT2D eigenvalue weighted by molar-refractivity contribution is -0.142. The van der Waals surface area contributed by atoms with E-state index in [0.717, 1.165) is 5.56 Å². The molecule has 0 aliphatic rings. The van der Waals surface area contributed by atoms with Crippen molar-refractivity contribution in [3.8, 4) is 0 Å². The molecule has 0 bridgehead atoms. The second-order valence-electron chi connectivity index (χ2n) is 3.40. The van der Waals surface area contributed by atoms with E-state index in [1.165, 1.54) is 0 Å². The molecule has 16 heavy (non-hydrogen) atoms. The Bertz CT molecular complexity index is 413. The number of ether oxygens (including phenoxy) is 1. The second-order valence-corrected chi connectivity index (χ2v) is 3.81. The third-order valence-electron chi connectivity index (χ3n) is 2.19. The standard InChI is InChI=1S/C12H13ClO3/c1-3-16-12(15)6-9-4-8(2)11(13)5-10(9)7-14/h4-5,7H,3,6H2,1-2H3. The van der Waals surface area contributed by atoms with Gasteiger partial charge in [-0.15, -0.1) is 0 Å². The maximum absolute atomic E-state index is 11.3. The van der Waals surface area contributed by atoms with Crippen molar-refractivity contribution in [3.05, 3.63) is 33.8 Å². The van der Waals surface area contributed by atoms with Crippen LogP contribution in [0.1, 0.15) is 28.4 Å². The van der Waals surface area contributed by atoms with Gasteiger partial charge in [-0.25, -0.2) is 0 Å².